The molecule has 0 amide bonds. The van der Waals surface area contributed by atoms with E-state index in [0.717, 1.165) is 37.6 Å². The maximum absolute atomic E-state index is 13.4. The molecular weight excluding hydrogens is 397 g/mol. The maximum atomic E-state index is 13.4. The fraction of sp³-hybridized carbons (Fsp3) is 0.400. The van der Waals surface area contributed by atoms with Crippen molar-refractivity contribution >= 4 is 15.7 Å². The van der Waals surface area contributed by atoms with Gasteiger partial charge < -0.3 is 0 Å². The standard InChI is InChI=1S/C20H25FN3O4S/c1-15-4-6-18(21)13-20(15)29(27,28)22-9-2-3-10-23-11-8-16-5-7-19(24(25)26)12-17(16)14-23/h4-7,12-13,22H,2-3,8-11,14H2,1H3,(H,25,26)/q+1. The lowest BCUT2D eigenvalue weighted by atomic mass is 9.99. The molecule has 9 heteroatoms. The van der Waals surface area contributed by atoms with Gasteiger partial charge in [0.05, 0.1) is 9.80 Å². The van der Waals surface area contributed by atoms with Gasteiger partial charge in [0.25, 0.3) is 4.92 Å². The van der Waals surface area contributed by atoms with E-state index < -0.39 is 15.8 Å². The number of fused-ring (bicyclic) bond motifs is 1. The van der Waals surface area contributed by atoms with Gasteiger partial charge in [-0.15, -0.1) is 0 Å². The predicted molar refractivity (Wildman–Crippen MR) is 106 cm³/mol. The number of benzene rings is 2. The predicted octanol–water partition coefficient (Wildman–Crippen LogP) is 3.05. The van der Waals surface area contributed by atoms with Gasteiger partial charge >= 0.3 is 5.69 Å². The van der Waals surface area contributed by atoms with Crippen molar-refractivity contribution < 1.29 is 22.9 Å². The van der Waals surface area contributed by atoms with Gasteiger partial charge in [0, 0.05) is 31.8 Å². The van der Waals surface area contributed by atoms with Crippen LogP contribution in [0.5, 0.6) is 0 Å². The Hall–Kier alpha value is -2.36. The first-order valence-electron chi connectivity index (χ1n) is 9.52. The highest BCUT2D eigenvalue weighted by Crippen LogP contribution is 2.23. The van der Waals surface area contributed by atoms with E-state index in [1.54, 1.807) is 19.1 Å². The molecule has 0 fully saturated rings. The van der Waals surface area contributed by atoms with Crippen molar-refractivity contribution in [2.24, 2.45) is 0 Å². The molecule has 2 aromatic rings. The smallest absolute Gasteiger partial charge is 0.299 e. The quantitative estimate of drug-likeness (QED) is 0.504. The number of rotatable bonds is 8. The van der Waals surface area contributed by atoms with Gasteiger partial charge in [0.2, 0.25) is 10.0 Å². The molecule has 2 N–H and O–H groups in total. The Morgan fingerprint density at radius 1 is 1.17 bits per heavy atom. The van der Waals surface area contributed by atoms with Crippen LogP contribution in [0.3, 0.4) is 0 Å². The second kappa shape index (κ2) is 8.98. The van der Waals surface area contributed by atoms with E-state index in [-0.39, 0.29) is 22.1 Å². The average Bonchev–Trinajstić information content (AvgIpc) is 2.68. The fourth-order valence-electron chi connectivity index (χ4n) is 3.52. The average molecular weight is 423 g/mol. The van der Waals surface area contributed by atoms with Gasteiger partial charge in [-0.2, -0.15) is 0 Å². The number of aryl methyl sites for hydroxylation is 1. The summed E-state index contributed by atoms with van der Waals surface area (Å²) >= 11 is 0. The summed E-state index contributed by atoms with van der Waals surface area (Å²) < 4.78 is 40.6. The van der Waals surface area contributed by atoms with Gasteiger partial charge in [-0.1, -0.05) is 12.1 Å². The molecule has 1 aliphatic rings. The lowest BCUT2D eigenvalue weighted by Gasteiger charge is -2.28. The van der Waals surface area contributed by atoms with Crippen LogP contribution in [-0.2, 0) is 23.0 Å². The molecule has 0 saturated heterocycles. The number of nitrogens with one attached hydrogen (secondary N) is 1. The van der Waals surface area contributed by atoms with Crippen LogP contribution < -0.4 is 4.72 Å². The van der Waals surface area contributed by atoms with Crippen molar-refractivity contribution in [1.29, 1.82) is 0 Å². The SMILES string of the molecule is Cc1ccc(F)cc1S(=O)(=O)NCCCCN1CCc2ccc([N+](=O)O)cc2C1. The molecule has 156 valence electrons. The van der Waals surface area contributed by atoms with Gasteiger partial charge in [-0.25, -0.2) is 22.7 Å². The number of sulfonamides is 1. The van der Waals surface area contributed by atoms with Crippen LogP contribution >= 0.6 is 0 Å². The Balaban J connectivity index is 1.47. The second-order valence-electron chi connectivity index (χ2n) is 7.27. The van der Waals surface area contributed by atoms with Crippen molar-refractivity contribution in [3.05, 3.63) is 63.8 Å². The molecule has 0 atom stereocenters. The molecule has 29 heavy (non-hydrogen) atoms. The zero-order valence-electron chi connectivity index (χ0n) is 16.3. The minimum Gasteiger partial charge on any atom is -0.299 e. The monoisotopic (exact) mass is 422 g/mol. The fourth-order valence-corrected chi connectivity index (χ4v) is 4.85. The zero-order valence-corrected chi connectivity index (χ0v) is 17.1. The molecule has 1 heterocycles. The molecule has 0 saturated carbocycles. The molecule has 1 aliphatic heterocycles. The third-order valence-corrected chi connectivity index (χ3v) is 6.74. The van der Waals surface area contributed by atoms with E-state index in [9.17, 15) is 17.7 Å². The molecule has 0 radical (unpaired) electrons. The van der Waals surface area contributed by atoms with Gasteiger partial charge in [-0.3, -0.25) is 4.90 Å². The largest absolute Gasteiger partial charge is 0.316 e. The van der Waals surface area contributed by atoms with E-state index in [2.05, 4.69) is 9.62 Å². The van der Waals surface area contributed by atoms with Crippen LogP contribution in [0.4, 0.5) is 10.1 Å². The first-order chi connectivity index (χ1) is 13.8. The Morgan fingerprint density at radius 2 is 1.97 bits per heavy atom. The Bertz CT molecular complexity index is 1010. The highest BCUT2D eigenvalue weighted by Gasteiger charge is 2.21. The number of hydrogen-bond donors (Lipinski definition) is 2. The number of unbranched alkanes of at least 4 members (excludes halogenated alkanes) is 1. The number of halogens is 1. The molecule has 2 aromatic carbocycles. The highest BCUT2D eigenvalue weighted by atomic mass is 32.2. The van der Waals surface area contributed by atoms with Crippen LogP contribution in [0.2, 0.25) is 0 Å². The van der Waals surface area contributed by atoms with Crippen LogP contribution in [-0.4, -0.2) is 43.1 Å². The summed E-state index contributed by atoms with van der Waals surface area (Å²) in [7, 11) is -3.73. The van der Waals surface area contributed by atoms with Gasteiger partial charge in [0.15, 0.2) is 0 Å². The van der Waals surface area contributed by atoms with E-state index >= 15 is 0 Å². The molecule has 0 aromatic heterocycles. The van der Waals surface area contributed by atoms with Crippen molar-refractivity contribution in [2.75, 3.05) is 19.6 Å². The molecule has 0 unspecified atom stereocenters. The van der Waals surface area contributed by atoms with E-state index in [4.69, 9.17) is 5.21 Å². The van der Waals surface area contributed by atoms with Crippen molar-refractivity contribution in [3.63, 3.8) is 0 Å². The summed E-state index contributed by atoms with van der Waals surface area (Å²) in [6.45, 7) is 4.29. The summed E-state index contributed by atoms with van der Waals surface area (Å²) in [6.07, 6.45) is 2.32. The van der Waals surface area contributed by atoms with Crippen molar-refractivity contribution in [3.8, 4) is 0 Å². The normalized spacial score (nSPS) is 14.6. The molecule has 0 bridgehead atoms. The van der Waals surface area contributed by atoms with E-state index in [0.29, 0.717) is 18.5 Å². The van der Waals surface area contributed by atoms with Crippen molar-refractivity contribution in [1.82, 2.24) is 9.62 Å². The summed E-state index contributed by atoms with van der Waals surface area (Å²) in [5, 5.41) is 9.06. The topological polar surface area (TPSA) is 89.7 Å². The van der Waals surface area contributed by atoms with E-state index in [1.807, 2.05) is 6.07 Å². The summed E-state index contributed by atoms with van der Waals surface area (Å²) in [5.74, 6) is -0.578. The summed E-state index contributed by atoms with van der Waals surface area (Å²) in [5.41, 5.74) is 2.91. The maximum Gasteiger partial charge on any atom is 0.316 e. The van der Waals surface area contributed by atoms with E-state index in [1.165, 1.54) is 17.7 Å². The van der Waals surface area contributed by atoms with Crippen LogP contribution in [0, 0.1) is 17.6 Å². The minimum atomic E-state index is -3.73. The third kappa shape index (κ3) is 5.37. The Labute approximate surface area is 169 Å². The number of hydrogen-bond acceptors (Lipinski definition) is 4. The molecule has 0 spiro atoms. The highest BCUT2D eigenvalue weighted by molar-refractivity contribution is 7.89. The lowest BCUT2D eigenvalue weighted by molar-refractivity contribution is -0.729. The minimum absolute atomic E-state index is 0.0303. The molecule has 0 aliphatic carbocycles. The second-order valence-corrected chi connectivity index (χ2v) is 9.00. The lowest BCUT2D eigenvalue weighted by Crippen LogP contribution is -2.32. The van der Waals surface area contributed by atoms with Gasteiger partial charge in [-0.05, 0) is 61.6 Å². The van der Waals surface area contributed by atoms with Crippen LogP contribution in [0.15, 0.2) is 41.3 Å². The van der Waals surface area contributed by atoms with Crippen LogP contribution in [0.1, 0.15) is 29.5 Å². The Kier molecular flexibility index (Phi) is 6.61. The third-order valence-electron chi connectivity index (χ3n) is 5.13. The van der Waals surface area contributed by atoms with Gasteiger partial charge in [0.1, 0.15) is 5.82 Å². The van der Waals surface area contributed by atoms with Crippen LogP contribution in [0.25, 0.3) is 0 Å². The first kappa shape index (κ1) is 21.4. The number of nitrogens with zero attached hydrogens (tertiary/aromatic N) is 2. The zero-order chi connectivity index (χ0) is 21.0. The summed E-state index contributed by atoms with van der Waals surface area (Å²) in [6, 6.07) is 8.90. The first-order valence-corrected chi connectivity index (χ1v) is 11.0. The summed E-state index contributed by atoms with van der Waals surface area (Å²) in [4.78, 5) is 13.1. The molecule has 3 rings (SSSR count). The molecular formula is C20H25FN3O4S+. The Morgan fingerprint density at radius 3 is 2.72 bits per heavy atom. The van der Waals surface area contributed by atoms with Crippen molar-refractivity contribution in [2.45, 2.75) is 37.6 Å². The molecule has 7 nitrogen and oxygen atoms in total.